The summed E-state index contributed by atoms with van der Waals surface area (Å²) < 4.78 is 8.01. The molecule has 2 heterocycles. The van der Waals surface area contributed by atoms with Crippen molar-refractivity contribution in [3.05, 3.63) is 36.2 Å². The van der Waals surface area contributed by atoms with Crippen molar-refractivity contribution in [2.24, 2.45) is 7.05 Å². The molecule has 0 saturated heterocycles. The molecule has 0 aliphatic heterocycles. The van der Waals surface area contributed by atoms with E-state index in [-0.39, 0.29) is 5.91 Å². The van der Waals surface area contributed by atoms with Crippen LogP contribution < -0.4 is 10.1 Å². The average molecular weight is 302 g/mol. The van der Waals surface area contributed by atoms with Crippen molar-refractivity contribution >= 4 is 32.6 Å². The Hall–Kier alpha value is -2.41. The zero-order valence-electron chi connectivity index (χ0n) is 11.7. The molecule has 0 bridgehead atoms. The molecule has 0 radical (unpaired) electrons. The third-order valence-corrected chi connectivity index (χ3v) is 3.77. The molecule has 0 atom stereocenters. The number of anilines is 1. The second-order valence-corrected chi connectivity index (χ2v) is 5.44. The van der Waals surface area contributed by atoms with Crippen LogP contribution in [0.3, 0.4) is 0 Å². The molecular weight excluding hydrogens is 288 g/mol. The van der Waals surface area contributed by atoms with Crippen LogP contribution in [0.5, 0.6) is 5.75 Å². The van der Waals surface area contributed by atoms with Crippen LogP contribution >= 0.6 is 11.3 Å². The highest BCUT2D eigenvalue weighted by molar-refractivity contribution is 7.22. The summed E-state index contributed by atoms with van der Waals surface area (Å²) in [6, 6.07) is 7.34. The van der Waals surface area contributed by atoms with Gasteiger partial charge in [-0.05, 0) is 31.2 Å². The summed E-state index contributed by atoms with van der Waals surface area (Å²) in [7, 11) is 1.77. The molecular formula is C14H14N4O2S. The Morgan fingerprint density at radius 1 is 1.43 bits per heavy atom. The maximum atomic E-state index is 12.0. The molecule has 1 aromatic carbocycles. The van der Waals surface area contributed by atoms with Crippen molar-refractivity contribution in [1.82, 2.24) is 14.8 Å². The predicted octanol–water partition coefficient (Wildman–Crippen LogP) is 2.68. The number of thiazole rings is 1. The van der Waals surface area contributed by atoms with Gasteiger partial charge >= 0.3 is 0 Å². The molecule has 0 aliphatic carbocycles. The molecule has 7 heteroatoms. The fourth-order valence-electron chi connectivity index (χ4n) is 1.91. The van der Waals surface area contributed by atoms with E-state index in [4.69, 9.17) is 4.74 Å². The summed E-state index contributed by atoms with van der Waals surface area (Å²) in [5.74, 6) is 0.538. The van der Waals surface area contributed by atoms with Crippen molar-refractivity contribution in [2.75, 3.05) is 11.9 Å². The lowest BCUT2D eigenvalue weighted by atomic mass is 10.3. The van der Waals surface area contributed by atoms with E-state index < -0.39 is 0 Å². The molecule has 2 aromatic heterocycles. The lowest BCUT2D eigenvalue weighted by Gasteiger charge is -2.00. The number of carbonyl (C=O) groups excluding carboxylic acids is 1. The summed E-state index contributed by atoms with van der Waals surface area (Å²) in [6.45, 7) is 2.56. The van der Waals surface area contributed by atoms with E-state index in [1.54, 1.807) is 24.0 Å². The van der Waals surface area contributed by atoms with Gasteiger partial charge in [0.15, 0.2) is 10.8 Å². The largest absolute Gasteiger partial charge is 0.494 e. The highest BCUT2D eigenvalue weighted by atomic mass is 32.1. The molecule has 1 N–H and O–H groups in total. The maximum absolute atomic E-state index is 12.0. The minimum Gasteiger partial charge on any atom is -0.494 e. The lowest BCUT2D eigenvalue weighted by Crippen LogP contribution is -2.12. The minimum absolute atomic E-state index is 0.264. The first-order chi connectivity index (χ1) is 10.2. The van der Waals surface area contributed by atoms with Gasteiger partial charge in [-0.1, -0.05) is 11.3 Å². The zero-order valence-corrected chi connectivity index (χ0v) is 12.5. The van der Waals surface area contributed by atoms with Crippen molar-refractivity contribution in [3.8, 4) is 5.75 Å². The standard InChI is InChI=1S/C14H14N4O2S/c1-3-20-9-4-5-10-12(8-9)21-14(15-10)16-13(19)11-6-7-18(2)17-11/h4-8H,3H2,1-2H3,(H,15,16,19). The topological polar surface area (TPSA) is 69.0 Å². The summed E-state index contributed by atoms with van der Waals surface area (Å²) in [5, 5.41) is 7.38. The van der Waals surface area contributed by atoms with E-state index in [9.17, 15) is 4.79 Å². The number of hydrogen-bond acceptors (Lipinski definition) is 5. The first-order valence-corrected chi connectivity index (χ1v) is 7.32. The second-order valence-electron chi connectivity index (χ2n) is 4.41. The molecule has 3 aromatic rings. The first-order valence-electron chi connectivity index (χ1n) is 6.50. The summed E-state index contributed by atoms with van der Waals surface area (Å²) in [4.78, 5) is 16.4. The van der Waals surface area contributed by atoms with E-state index >= 15 is 0 Å². The zero-order chi connectivity index (χ0) is 14.8. The molecule has 0 unspecified atom stereocenters. The van der Waals surface area contributed by atoms with Crippen LogP contribution in [0, 0.1) is 0 Å². The van der Waals surface area contributed by atoms with Crippen molar-refractivity contribution in [1.29, 1.82) is 0 Å². The van der Waals surface area contributed by atoms with Crippen LogP contribution in [0.25, 0.3) is 10.2 Å². The molecule has 6 nitrogen and oxygen atoms in total. The number of aromatic nitrogens is 3. The fraction of sp³-hybridized carbons (Fsp3) is 0.214. The Kier molecular flexibility index (Phi) is 3.57. The summed E-state index contributed by atoms with van der Waals surface area (Å²) in [5.41, 5.74) is 1.20. The molecule has 0 fully saturated rings. The number of aryl methyl sites for hydroxylation is 1. The summed E-state index contributed by atoms with van der Waals surface area (Å²) in [6.07, 6.45) is 1.72. The second kappa shape index (κ2) is 5.53. The summed E-state index contributed by atoms with van der Waals surface area (Å²) >= 11 is 1.41. The number of carbonyl (C=O) groups is 1. The smallest absolute Gasteiger partial charge is 0.277 e. The van der Waals surface area contributed by atoms with Gasteiger partial charge in [-0.3, -0.25) is 14.8 Å². The number of benzene rings is 1. The number of nitrogens with one attached hydrogen (secondary N) is 1. The van der Waals surface area contributed by atoms with Crippen LogP contribution in [0.4, 0.5) is 5.13 Å². The number of fused-ring (bicyclic) bond motifs is 1. The average Bonchev–Trinajstić information content (AvgIpc) is 3.04. The fourth-order valence-corrected chi connectivity index (χ4v) is 2.80. The maximum Gasteiger partial charge on any atom is 0.277 e. The number of nitrogens with zero attached hydrogens (tertiary/aromatic N) is 3. The Morgan fingerprint density at radius 3 is 3.00 bits per heavy atom. The monoisotopic (exact) mass is 302 g/mol. The minimum atomic E-state index is -0.264. The van der Waals surface area contributed by atoms with Crippen LogP contribution in [-0.2, 0) is 7.05 Å². The third kappa shape index (κ3) is 2.87. The van der Waals surface area contributed by atoms with E-state index in [1.807, 2.05) is 25.1 Å². The van der Waals surface area contributed by atoms with Gasteiger partial charge in [0.05, 0.1) is 16.8 Å². The van der Waals surface area contributed by atoms with Gasteiger partial charge in [0.1, 0.15) is 5.75 Å². The normalized spacial score (nSPS) is 10.8. The van der Waals surface area contributed by atoms with E-state index in [0.717, 1.165) is 16.0 Å². The van der Waals surface area contributed by atoms with Gasteiger partial charge in [0, 0.05) is 13.2 Å². The molecule has 1 amide bonds. The van der Waals surface area contributed by atoms with Crippen molar-refractivity contribution in [3.63, 3.8) is 0 Å². The number of hydrogen-bond donors (Lipinski definition) is 1. The quantitative estimate of drug-likeness (QED) is 0.804. The Balaban J connectivity index is 1.82. The van der Waals surface area contributed by atoms with Crippen molar-refractivity contribution < 1.29 is 9.53 Å². The van der Waals surface area contributed by atoms with Gasteiger partial charge in [0.25, 0.3) is 5.91 Å². The Morgan fingerprint density at radius 2 is 2.29 bits per heavy atom. The van der Waals surface area contributed by atoms with Gasteiger partial charge in [-0.25, -0.2) is 4.98 Å². The number of ether oxygens (including phenoxy) is 1. The van der Waals surface area contributed by atoms with E-state index in [2.05, 4.69) is 15.4 Å². The van der Waals surface area contributed by atoms with Crippen LogP contribution in [0.2, 0.25) is 0 Å². The van der Waals surface area contributed by atoms with Crippen LogP contribution in [0.1, 0.15) is 17.4 Å². The van der Waals surface area contributed by atoms with Gasteiger partial charge < -0.3 is 4.74 Å². The lowest BCUT2D eigenvalue weighted by molar-refractivity contribution is 0.102. The van der Waals surface area contributed by atoms with Gasteiger partial charge in [-0.2, -0.15) is 5.10 Å². The van der Waals surface area contributed by atoms with Crippen molar-refractivity contribution in [2.45, 2.75) is 6.92 Å². The van der Waals surface area contributed by atoms with Gasteiger partial charge in [-0.15, -0.1) is 0 Å². The molecule has 3 rings (SSSR count). The SMILES string of the molecule is CCOc1ccc2nc(NC(=O)c3ccn(C)n3)sc2c1. The molecule has 108 valence electrons. The Bertz CT molecular complexity index is 793. The molecule has 0 saturated carbocycles. The number of amides is 1. The molecule has 0 aliphatic rings. The first kappa shape index (κ1) is 13.6. The van der Waals surface area contributed by atoms with E-state index in [0.29, 0.717) is 17.4 Å². The third-order valence-electron chi connectivity index (χ3n) is 2.84. The predicted molar refractivity (Wildman–Crippen MR) is 82.0 cm³/mol. The van der Waals surface area contributed by atoms with E-state index in [1.165, 1.54) is 11.3 Å². The molecule has 0 spiro atoms. The molecule has 21 heavy (non-hydrogen) atoms. The Labute approximate surface area is 125 Å². The highest BCUT2D eigenvalue weighted by Gasteiger charge is 2.12. The van der Waals surface area contributed by atoms with Crippen LogP contribution in [-0.4, -0.2) is 27.3 Å². The van der Waals surface area contributed by atoms with Gasteiger partial charge in [0.2, 0.25) is 0 Å². The highest BCUT2D eigenvalue weighted by Crippen LogP contribution is 2.29. The number of rotatable bonds is 4. The van der Waals surface area contributed by atoms with Crippen LogP contribution in [0.15, 0.2) is 30.5 Å².